The minimum Gasteiger partial charge on any atom is -0.381 e. The Morgan fingerprint density at radius 2 is 1.56 bits per heavy atom. The van der Waals surface area contributed by atoms with Gasteiger partial charge in [0, 0.05) is 0 Å². The first-order valence-corrected chi connectivity index (χ1v) is 4.61. The summed E-state index contributed by atoms with van der Waals surface area (Å²) in [6.45, 7) is 1.90. The Morgan fingerprint density at radius 1 is 1.11 bits per heavy atom. The third kappa shape index (κ3) is 2.97. The molecule has 0 spiro atoms. The molecule has 0 amide bonds. The molecular weight excluding hydrogens is 267 g/mol. The quantitative estimate of drug-likeness (QED) is 0.291. The van der Waals surface area contributed by atoms with E-state index in [2.05, 4.69) is 11.3 Å². The summed E-state index contributed by atoms with van der Waals surface area (Å²) in [5.74, 6) is -10.7. The van der Waals surface area contributed by atoms with E-state index in [4.69, 9.17) is 10.2 Å². The standard InChI is InChI=1S/C9H13F5O4/c1-3-4-18-5-6(2,15)7(10,11)8(16,17)9(12,13)14/h3,15-17H,1,4-5H2,2H3. The Balaban J connectivity index is 5.16. The highest BCUT2D eigenvalue weighted by atomic mass is 19.4. The van der Waals surface area contributed by atoms with Gasteiger partial charge >= 0.3 is 17.9 Å². The van der Waals surface area contributed by atoms with Crippen molar-refractivity contribution >= 4 is 0 Å². The van der Waals surface area contributed by atoms with Crippen LogP contribution in [0.15, 0.2) is 12.7 Å². The minimum atomic E-state index is -6.04. The van der Waals surface area contributed by atoms with Crippen LogP contribution in [0.25, 0.3) is 0 Å². The molecule has 18 heavy (non-hydrogen) atoms. The molecule has 0 radical (unpaired) electrons. The summed E-state index contributed by atoms with van der Waals surface area (Å²) in [6.07, 6.45) is -4.93. The van der Waals surface area contributed by atoms with E-state index in [-0.39, 0.29) is 6.61 Å². The van der Waals surface area contributed by atoms with Gasteiger partial charge in [0.2, 0.25) is 0 Å². The summed E-state index contributed by atoms with van der Waals surface area (Å²) >= 11 is 0. The van der Waals surface area contributed by atoms with Crippen LogP contribution < -0.4 is 0 Å². The van der Waals surface area contributed by atoms with Crippen LogP contribution in [0.2, 0.25) is 0 Å². The molecule has 0 rings (SSSR count). The van der Waals surface area contributed by atoms with Crippen molar-refractivity contribution in [1.82, 2.24) is 0 Å². The van der Waals surface area contributed by atoms with Crippen LogP contribution in [0.4, 0.5) is 22.0 Å². The highest BCUT2D eigenvalue weighted by Gasteiger charge is 2.75. The van der Waals surface area contributed by atoms with E-state index in [1.807, 2.05) is 0 Å². The van der Waals surface area contributed by atoms with Crippen molar-refractivity contribution in [3.05, 3.63) is 12.7 Å². The molecule has 1 atom stereocenters. The number of hydrogen-bond donors (Lipinski definition) is 3. The third-order valence-corrected chi connectivity index (χ3v) is 2.13. The zero-order valence-corrected chi connectivity index (χ0v) is 9.34. The summed E-state index contributed by atoms with van der Waals surface area (Å²) in [4.78, 5) is 0. The topological polar surface area (TPSA) is 69.9 Å². The molecule has 0 fully saturated rings. The average molecular weight is 280 g/mol. The molecule has 9 heteroatoms. The van der Waals surface area contributed by atoms with Crippen LogP contribution in [0.3, 0.4) is 0 Å². The van der Waals surface area contributed by atoms with Crippen molar-refractivity contribution in [2.45, 2.75) is 30.4 Å². The van der Waals surface area contributed by atoms with Gasteiger partial charge in [-0.25, -0.2) is 0 Å². The maximum Gasteiger partial charge on any atom is 0.449 e. The van der Waals surface area contributed by atoms with Crippen LogP contribution in [-0.2, 0) is 4.74 Å². The molecule has 3 N–H and O–H groups in total. The number of halogens is 5. The third-order valence-electron chi connectivity index (χ3n) is 2.13. The lowest BCUT2D eigenvalue weighted by Crippen LogP contribution is -2.68. The first-order valence-electron chi connectivity index (χ1n) is 4.61. The molecular formula is C9H13F5O4. The van der Waals surface area contributed by atoms with Crippen LogP contribution in [-0.4, -0.2) is 52.0 Å². The number of ether oxygens (including phenoxy) is 1. The molecule has 4 nitrogen and oxygen atoms in total. The fraction of sp³-hybridized carbons (Fsp3) is 0.778. The molecule has 0 aliphatic carbocycles. The lowest BCUT2D eigenvalue weighted by molar-refractivity contribution is -0.442. The van der Waals surface area contributed by atoms with Gasteiger partial charge in [-0.2, -0.15) is 22.0 Å². The van der Waals surface area contributed by atoms with Gasteiger partial charge in [-0.3, -0.25) is 0 Å². The van der Waals surface area contributed by atoms with E-state index < -0.39 is 30.1 Å². The van der Waals surface area contributed by atoms with Crippen LogP contribution in [0.1, 0.15) is 6.92 Å². The van der Waals surface area contributed by atoms with E-state index in [0.717, 1.165) is 6.08 Å². The predicted molar refractivity (Wildman–Crippen MR) is 49.8 cm³/mol. The Kier molecular flexibility index (Phi) is 4.86. The molecule has 1 unspecified atom stereocenters. The number of alkyl halides is 5. The maximum atomic E-state index is 13.3. The maximum absolute atomic E-state index is 13.3. The van der Waals surface area contributed by atoms with Crippen molar-refractivity contribution < 1.29 is 42.0 Å². The van der Waals surface area contributed by atoms with Gasteiger partial charge in [0.15, 0.2) is 5.60 Å². The van der Waals surface area contributed by atoms with Gasteiger partial charge in [-0.15, -0.1) is 6.58 Å². The highest BCUT2D eigenvalue weighted by Crippen LogP contribution is 2.45. The van der Waals surface area contributed by atoms with E-state index >= 15 is 0 Å². The Morgan fingerprint density at radius 3 is 1.89 bits per heavy atom. The summed E-state index contributed by atoms with van der Waals surface area (Å²) in [5, 5.41) is 26.3. The molecule has 108 valence electrons. The zero-order chi connectivity index (χ0) is 14.8. The van der Waals surface area contributed by atoms with Crippen molar-refractivity contribution in [1.29, 1.82) is 0 Å². The fourth-order valence-corrected chi connectivity index (χ4v) is 0.985. The second kappa shape index (κ2) is 5.08. The van der Waals surface area contributed by atoms with E-state index in [1.54, 1.807) is 0 Å². The molecule has 0 saturated heterocycles. The molecule has 0 aromatic carbocycles. The molecule has 0 aromatic rings. The second-order valence-corrected chi connectivity index (χ2v) is 3.82. The molecule has 0 aliphatic heterocycles. The summed E-state index contributed by atoms with van der Waals surface area (Å²) in [6, 6.07) is 0. The molecule has 0 saturated carbocycles. The van der Waals surface area contributed by atoms with Crippen LogP contribution >= 0.6 is 0 Å². The van der Waals surface area contributed by atoms with Gasteiger partial charge in [0.05, 0.1) is 13.2 Å². The van der Waals surface area contributed by atoms with E-state index in [1.165, 1.54) is 0 Å². The molecule has 0 heterocycles. The van der Waals surface area contributed by atoms with Crippen molar-refractivity contribution in [3.8, 4) is 0 Å². The zero-order valence-electron chi connectivity index (χ0n) is 9.34. The lowest BCUT2D eigenvalue weighted by atomic mass is 9.91. The van der Waals surface area contributed by atoms with Crippen LogP contribution in [0, 0.1) is 0 Å². The monoisotopic (exact) mass is 280 g/mol. The SMILES string of the molecule is C=CCOCC(C)(O)C(F)(F)C(O)(O)C(F)(F)F. The first kappa shape index (κ1) is 17.2. The van der Waals surface area contributed by atoms with Gasteiger partial charge in [-0.1, -0.05) is 6.08 Å². The normalized spacial score (nSPS) is 17.4. The van der Waals surface area contributed by atoms with Crippen molar-refractivity contribution in [2.24, 2.45) is 0 Å². The molecule has 0 aromatic heterocycles. The van der Waals surface area contributed by atoms with Crippen molar-refractivity contribution in [3.63, 3.8) is 0 Å². The summed E-state index contributed by atoms with van der Waals surface area (Å²) in [7, 11) is 0. The molecule has 0 aliphatic rings. The fourth-order valence-electron chi connectivity index (χ4n) is 0.985. The van der Waals surface area contributed by atoms with Gasteiger partial charge in [0.1, 0.15) is 0 Å². The highest BCUT2D eigenvalue weighted by molar-refractivity contribution is 5.02. The summed E-state index contributed by atoms with van der Waals surface area (Å²) < 4.78 is 67.4. The van der Waals surface area contributed by atoms with Crippen LogP contribution in [0.5, 0.6) is 0 Å². The minimum absolute atomic E-state index is 0.295. The van der Waals surface area contributed by atoms with E-state index in [0.29, 0.717) is 6.92 Å². The Bertz CT molecular complexity index is 298. The summed E-state index contributed by atoms with van der Waals surface area (Å²) in [5.41, 5.74) is -3.44. The van der Waals surface area contributed by atoms with E-state index in [9.17, 15) is 27.1 Å². The number of aliphatic hydroxyl groups is 3. The van der Waals surface area contributed by atoms with Gasteiger partial charge in [-0.05, 0) is 6.92 Å². The largest absolute Gasteiger partial charge is 0.449 e. The smallest absolute Gasteiger partial charge is 0.381 e. The van der Waals surface area contributed by atoms with Gasteiger partial charge < -0.3 is 20.1 Å². The Labute approximate surface area is 99.3 Å². The Hall–Kier alpha value is -0.770. The predicted octanol–water partition coefficient (Wildman–Crippen LogP) is 0.818. The molecule has 0 bridgehead atoms. The number of rotatable bonds is 6. The van der Waals surface area contributed by atoms with Crippen molar-refractivity contribution in [2.75, 3.05) is 13.2 Å². The van der Waals surface area contributed by atoms with Gasteiger partial charge in [0.25, 0.3) is 0 Å². The first-order chi connectivity index (χ1) is 7.81. The average Bonchev–Trinajstić information content (AvgIpc) is 2.15. The lowest BCUT2D eigenvalue weighted by Gasteiger charge is -2.40. The number of hydrogen-bond acceptors (Lipinski definition) is 4. The second-order valence-electron chi connectivity index (χ2n) is 3.82.